The minimum atomic E-state index is -3.91. The number of unbranched alkanes of at least 4 members (excludes halogenated alkanes) is 1. The third-order valence-corrected chi connectivity index (χ3v) is 8.18. The van der Waals surface area contributed by atoms with E-state index in [1.807, 2.05) is 68.4 Å². The number of aryl methyl sites for hydroxylation is 1. The molecule has 0 aromatic heterocycles. The van der Waals surface area contributed by atoms with E-state index in [1.54, 1.807) is 12.1 Å². The van der Waals surface area contributed by atoms with Crippen molar-refractivity contribution in [1.82, 2.24) is 10.2 Å². The predicted molar refractivity (Wildman–Crippen MR) is 165 cm³/mol. The quantitative estimate of drug-likeness (QED) is 0.262. The van der Waals surface area contributed by atoms with Gasteiger partial charge in [-0.25, -0.2) is 8.42 Å². The largest absolute Gasteiger partial charge is 0.493 e. The number of rotatable bonds is 15. The Labute approximate surface area is 249 Å². The molecule has 3 rings (SSSR count). The molecule has 0 bridgehead atoms. The maximum atomic E-state index is 14.2. The first-order chi connectivity index (χ1) is 20.1. The number of carbonyl (C=O) groups is 2. The van der Waals surface area contributed by atoms with Crippen molar-refractivity contribution < 1.29 is 27.5 Å². The van der Waals surface area contributed by atoms with Crippen molar-refractivity contribution in [2.45, 2.75) is 45.7 Å². The Kier molecular flexibility index (Phi) is 11.8. The van der Waals surface area contributed by atoms with E-state index in [0.717, 1.165) is 40.1 Å². The molecule has 3 aromatic carbocycles. The average molecular weight is 596 g/mol. The fourth-order valence-corrected chi connectivity index (χ4v) is 5.47. The average Bonchev–Trinajstić information content (AvgIpc) is 2.98. The minimum Gasteiger partial charge on any atom is -0.493 e. The maximum absolute atomic E-state index is 14.2. The normalized spacial score (nSPS) is 11.8. The molecule has 10 heteroatoms. The van der Waals surface area contributed by atoms with Gasteiger partial charge in [-0.05, 0) is 42.2 Å². The number of nitrogens with one attached hydrogen (secondary N) is 1. The zero-order valence-electron chi connectivity index (χ0n) is 25.0. The molecular formula is C32H41N3O6S. The lowest BCUT2D eigenvalue weighted by Crippen LogP contribution is -2.53. The summed E-state index contributed by atoms with van der Waals surface area (Å²) in [5.74, 6) is -0.0460. The summed E-state index contributed by atoms with van der Waals surface area (Å²) in [6.07, 6.45) is 3.02. The molecule has 3 aromatic rings. The lowest BCUT2D eigenvalue weighted by Gasteiger charge is -2.34. The molecule has 1 N–H and O–H groups in total. The van der Waals surface area contributed by atoms with Crippen LogP contribution < -0.4 is 19.1 Å². The highest BCUT2D eigenvalue weighted by atomic mass is 32.2. The van der Waals surface area contributed by atoms with Crippen LogP contribution in [0.15, 0.2) is 72.8 Å². The first kappa shape index (κ1) is 32.5. The second-order valence-corrected chi connectivity index (χ2v) is 12.0. The van der Waals surface area contributed by atoms with Crippen molar-refractivity contribution >= 4 is 27.5 Å². The summed E-state index contributed by atoms with van der Waals surface area (Å²) in [4.78, 5) is 29.4. The van der Waals surface area contributed by atoms with Gasteiger partial charge in [0.15, 0.2) is 11.5 Å². The van der Waals surface area contributed by atoms with Crippen LogP contribution in [0.4, 0.5) is 5.69 Å². The molecule has 226 valence electrons. The summed E-state index contributed by atoms with van der Waals surface area (Å²) < 4.78 is 37.8. The van der Waals surface area contributed by atoms with Crippen LogP contribution in [0.3, 0.4) is 0 Å². The fourth-order valence-electron chi connectivity index (χ4n) is 4.62. The predicted octanol–water partition coefficient (Wildman–Crippen LogP) is 4.33. The lowest BCUT2D eigenvalue weighted by molar-refractivity contribution is -0.140. The molecule has 0 fully saturated rings. The van der Waals surface area contributed by atoms with E-state index >= 15 is 0 Å². The van der Waals surface area contributed by atoms with E-state index in [0.29, 0.717) is 18.0 Å². The Balaban J connectivity index is 2.07. The zero-order valence-corrected chi connectivity index (χ0v) is 25.8. The molecule has 1 atom stereocenters. The summed E-state index contributed by atoms with van der Waals surface area (Å²) in [6, 6.07) is 20.9. The SMILES string of the molecule is CCCCNC(=O)C(Cc1ccccc1)N(Cc1ccccc1C)C(=O)CN(c1ccc(OC)c(OC)c1)S(C)(=O)=O. The van der Waals surface area contributed by atoms with E-state index in [4.69, 9.17) is 9.47 Å². The summed E-state index contributed by atoms with van der Waals surface area (Å²) in [5.41, 5.74) is 2.95. The van der Waals surface area contributed by atoms with Gasteiger partial charge >= 0.3 is 0 Å². The van der Waals surface area contributed by atoms with Gasteiger partial charge in [0.05, 0.1) is 26.2 Å². The molecule has 0 aliphatic carbocycles. The number of hydrogen-bond donors (Lipinski definition) is 1. The van der Waals surface area contributed by atoms with Gasteiger partial charge in [-0.15, -0.1) is 0 Å². The van der Waals surface area contributed by atoms with Crippen LogP contribution >= 0.6 is 0 Å². The molecule has 0 aliphatic heterocycles. The summed E-state index contributed by atoms with van der Waals surface area (Å²) in [7, 11) is -0.971. The van der Waals surface area contributed by atoms with Gasteiger partial charge in [0.25, 0.3) is 0 Å². The molecule has 0 spiro atoms. The van der Waals surface area contributed by atoms with Crippen molar-refractivity contribution in [2.75, 3.05) is 37.9 Å². The Hall–Kier alpha value is -4.05. The van der Waals surface area contributed by atoms with Crippen LogP contribution in [0.2, 0.25) is 0 Å². The molecule has 2 amide bonds. The van der Waals surface area contributed by atoms with Crippen LogP contribution in [-0.4, -0.2) is 64.7 Å². The van der Waals surface area contributed by atoms with Crippen LogP contribution in [0.5, 0.6) is 11.5 Å². The van der Waals surface area contributed by atoms with Crippen molar-refractivity contribution in [1.29, 1.82) is 0 Å². The fraction of sp³-hybridized carbons (Fsp3) is 0.375. The van der Waals surface area contributed by atoms with Crippen molar-refractivity contribution in [3.63, 3.8) is 0 Å². The number of nitrogens with zero attached hydrogens (tertiary/aromatic N) is 2. The maximum Gasteiger partial charge on any atom is 0.244 e. The number of amides is 2. The van der Waals surface area contributed by atoms with Crippen molar-refractivity contribution in [3.05, 3.63) is 89.5 Å². The molecule has 0 saturated heterocycles. The second-order valence-electron chi connectivity index (χ2n) is 10.1. The summed E-state index contributed by atoms with van der Waals surface area (Å²) >= 11 is 0. The number of carbonyl (C=O) groups excluding carboxylic acids is 2. The van der Waals surface area contributed by atoms with E-state index < -0.39 is 28.5 Å². The van der Waals surface area contributed by atoms with Crippen molar-refractivity contribution in [2.24, 2.45) is 0 Å². The van der Waals surface area contributed by atoms with Crippen LogP contribution in [0.25, 0.3) is 0 Å². The number of hydrogen-bond acceptors (Lipinski definition) is 6. The van der Waals surface area contributed by atoms with Crippen LogP contribution in [0, 0.1) is 6.92 Å². The minimum absolute atomic E-state index is 0.133. The number of ether oxygens (including phenoxy) is 2. The zero-order chi connectivity index (χ0) is 30.7. The topological polar surface area (TPSA) is 105 Å². The Bertz CT molecular complexity index is 1450. The van der Waals surface area contributed by atoms with Crippen molar-refractivity contribution in [3.8, 4) is 11.5 Å². The summed E-state index contributed by atoms with van der Waals surface area (Å²) in [5, 5.41) is 2.99. The van der Waals surface area contributed by atoms with Gasteiger partial charge in [0.2, 0.25) is 21.8 Å². The van der Waals surface area contributed by atoms with Gasteiger partial charge in [0, 0.05) is 25.6 Å². The summed E-state index contributed by atoms with van der Waals surface area (Å²) in [6.45, 7) is 4.09. The first-order valence-electron chi connectivity index (χ1n) is 13.9. The first-order valence-corrected chi connectivity index (χ1v) is 15.8. The molecule has 0 aliphatic rings. The third kappa shape index (κ3) is 8.72. The highest BCUT2D eigenvalue weighted by Crippen LogP contribution is 2.32. The van der Waals surface area contributed by atoms with E-state index in [-0.39, 0.29) is 24.6 Å². The Morgan fingerprint density at radius 3 is 2.21 bits per heavy atom. The molecule has 42 heavy (non-hydrogen) atoms. The third-order valence-electron chi connectivity index (χ3n) is 7.04. The molecule has 1 unspecified atom stereocenters. The highest BCUT2D eigenvalue weighted by molar-refractivity contribution is 7.92. The number of methoxy groups -OCH3 is 2. The molecule has 0 radical (unpaired) electrons. The van der Waals surface area contributed by atoms with Gasteiger partial charge in [-0.2, -0.15) is 0 Å². The lowest BCUT2D eigenvalue weighted by atomic mass is 10.0. The number of anilines is 1. The Morgan fingerprint density at radius 1 is 0.929 bits per heavy atom. The van der Waals surface area contributed by atoms with Crippen LogP contribution in [-0.2, 0) is 32.6 Å². The standard InChI is InChI=1S/C32H41N3O6S/c1-6-7-19-33-32(37)28(20-25-14-9-8-10-15-25)34(22-26-16-12-11-13-24(26)2)31(36)23-35(42(5,38)39)27-17-18-29(40-3)30(21-27)41-4/h8-18,21,28H,6-7,19-20,22-23H2,1-5H3,(H,33,37). The Morgan fingerprint density at radius 2 is 1.60 bits per heavy atom. The second kappa shape index (κ2) is 15.3. The van der Waals surface area contributed by atoms with E-state index in [9.17, 15) is 18.0 Å². The molecule has 0 saturated carbocycles. The van der Waals surface area contributed by atoms with E-state index in [2.05, 4.69) is 5.32 Å². The number of benzene rings is 3. The molecular weight excluding hydrogens is 554 g/mol. The monoisotopic (exact) mass is 595 g/mol. The molecule has 9 nitrogen and oxygen atoms in total. The van der Waals surface area contributed by atoms with Gasteiger partial charge in [-0.3, -0.25) is 13.9 Å². The van der Waals surface area contributed by atoms with Gasteiger partial charge in [0.1, 0.15) is 12.6 Å². The van der Waals surface area contributed by atoms with Gasteiger partial charge in [-0.1, -0.05) is 67.9 Å². The smallest absolute Gasteiger partial charge is 0.244 e. The highest BCUT2D eigenvalue weighted by Gasteiger charge is 2.33. The van der Waals surface area contributed by atoms with Gasteiger partial charge < -0.3 is 19.7 Å². The number of sulfonamides is 1. The van der Waals surface area contributed by atoms with Crippen LogP contribution in [0.1, 0.15) is 36.5 Å². The molecule has 0 heterocycles. The van der Waals surface area contributed by atoms with E-state index in [1.165, 1.54) is 25.2 Å².